The van der Waals surface area contributed by atoms with Crippen molar-refractivity contribution in [3.8, 4) is 11.6 Å². The van der Waals surface area contributed by atoms with Crippen LogP contribution in [0.2, 0.25) is 0 Å². The highest BCUT2D eigenvalue weighted by atomic mass is 16.5. The molecule has 6 nitrogen and oxygen atoms in total. The van der Waals surface area contributed by atoms with E-state index in [-0.39, 0.29) is 11.8 Å². The second kappa shape index (κ2) is 9.60. The molecule has 1 atom stereocenters. The zero-order valence-electron chi connectivity index (χ0n) is 18.0. The summed E-state index contributed by atoms with van der Waals surface area (Å²) < 4.78 is 6.02. The first-order chi connectivity index (χ1) is 15.1. The van der Waals surface area contributed by atoms with Crippen LogP contribution in [0.1, 0.15) is 29.5 Å². The van der Waals surface area contributed by atoms with Crippen molar-refractivity contribution in [2.45, 2.75) is 33.2 Å². The molecule has 2 aromatic carbocycles. The predicted octanol–water partition coefficient (Wildman–Crippen LogP) is 4.42. The first kappa shape index (κ1) is 20.8. The van der Waals surface area contributed by atoms with Gasteiger partial charge in [0.25, 0.3) is 5.88 Å². The molecule has 0 saturated carbocycles. The summed E-state index contributed by atoms with van der Waals surface area (Å²) in [4.78, 5) is 23.9. The Morgan fingerprint density at radius 3 is 2.68 bits per heavy atom. The molecule has 1 aliphatic heterocycles. The minimum atomic E-state index is -0.0907. The van der Waals surface area contributed by atoms with E-state index in [1.54, 1.807) is 12.4 Å². The molecule has 2 heterocycles. The van der Waals surface area contributed by atoms with E-state index in [1.165, 1.54) is 11.1 Å². The highest BCUT2D eigenvalue weighted by molar-refractivity contribution is 5.79. The summed E-state index contributed by atoms with van der Waals surface area (Å²) in [5.41, 5.74) is 3.50. The SMILES string of the molecule is Cc1ccc(Oc2nccnc2N2CCC[C@@H](C(=O)NCc3ccccc3C)C2)cc1. The molecule has 0 aliphatic carbocycles. The Morgan fingerprint density at radius 1 is 1.10 bits per heavy atom. The fraction of sp³-hybridized carbons (Fsp3) is 0.320. The van der Waals surface area contributed by atoms with Crippen molar-refractivity contribution in [3.63, 3.8) is 0 Å². The topological polar surface area (TPSA) is 67.4 Å². The molecule has 3 aromatic rings. The third-order valence-electron chi connectivity index (χ3n) is 5.69. The number of hydrogen-bond acceptors (Lipinski definition) is 5. The maximum Gasteiger partial charge on any atom is 0.263 e. The maximum absolute atomic E-state index is 12.9. The van der Waals surface area contributed by atoms with Crippen molar-refractivity contribution in [1.29, 1.82) is 0 Å². The Labute approximate surface area is 183 Å². The molecular formula is C25H28N4O2. The van der Waals surface area contributed by atoms with E-state index in [4.69, 9.17) is 4.74 Å². The number of nitrogens with zero attached hydrogens (tertiary/aromatic N) is 3. The molecule has 1 amide bonds. The van der Waals surface area contributed by atoms with Gasteiger partial charge in [-0.2, -0.15) is 0 Å². The van der Waals surface area contributed by atoms with Crippen LogP contribution in [0.15, 0.2) is 60.9 Å². The van der Waals surface area contributed by atoms with Crippen LogP contribution in [0.25, 0.3) is 0 Å². The number of carbonyl (C=O) groups excluding carboxylic acids is 1. The van der Waals surface area contributed by atoms with Gasteiger partial charge in [-0.25, -0.2) is 9.97 Å². The third kappa shape index (κ3) is 5.20. The number of aryl methyl sites for hydroxylation is 2. The molecule has 160 valence electrons. The summed E-state index contributed by atoms with van der Waals surface area (Å²) in [6.45, 7) is 6.07. The number of anilines is 1. The number of aromatic nitrogens is 2. The minimum Gasteiger partial charge on any atom is -0.436 e. The van der Waals surface area contributed by atoms with Crippen LogP contribution < -0.4 is 15.0 Å². The number of rotatable bonds is 6. The van der Waals surface area contributed by atoms with Gasteiger partial charge >= 0.3 is 0 Å². The van der Waals surface area contributed by atoms with Gasteiger partial charge in [0.2, 0.25) is 5.91 Å². The van der Waals surface area contributed by atoms with Gasteiger partial charge in [0.1, 0.15) is 5.75 Å². The largest absolute Gasteiger partial charge is 0.436 e. The first-order valence-corrected chi connectivity index (χ1v) is 10.7. The minimum absolute atomic E-state index is 0.0813. The number of amides is 1. The normalized spacial score (nSPS) is 16.1. The van der Waals surface area contributed by atoms with Gasteiger partial charge < -0.3 is 15.0 Å². The Morgan fingerprint density at radius 2 is 1.87 bits per heavy atom. The van der Waals surface area contributed by atoms with E-state index in [0.717, 1.165) is 30.7 Å². The van der Waals surface area contributed by atoms with Crippen LogP contribution in [-0.2, 0) is 11.3 Å². The van der Waals surface area contributed by atoms with Crippen molar-refractivity contribution >= 4 is 11.7 Å². The number of piperidine rings is 1. The molecule has 1 saturated heterocycles. The second-order valence-electron chi connectivity index (χ2n) is 8.03. The average molecular weight is 417 g/mol. The van der Waals surface area contributed by atoms with E-state index in [2.05, 4.69) is 39.2 Å². The zero-order chi connectivity index (χ0) is 21.6. The van der Waals surface area contributed by atoms with E-state index in [9.17, 15) is 4.79 Å². The van der Waals surface area contributed by atoms with Crippen molar-refractivity contribution in [2.75, 3.05) is 18.0 Å². The molecule has 4 rings (SSSR count). The number of ether oxygens (including phenoxy) is 1. The summed E-state index contributed by atoms with van der Waals surface area (Å²) >= 11 is 0. The number of hydrogen-bond donors (Lipinski definition) is 1. The molecule has 1 N–H and O–H groups in total. The van der Waals surface area contributed by atoms with Crippen molar-refractivity contribution in [2.24, 2.45) is 5.92 Å². The number of carbonyl (C=O) groups is 1. The lowest BCUT2D eigenvalue weighted by Gasteiger charge is -2.33. The quantitative estimate of drug-likeness (QED) is 0.644. The van der Waals surface area contributed by atoms with E-state index in [0.29, 0.717) is 24.8 Å². The summed E-state index contributed by atoms with van der Waals surface area (Å²) in [5.74, 6) is 1.86. The molecule has 0 bridgehead atoms. The van der Waals surface area contributed by atoms with Crippen LogP contribution in [0.5, 0.6) is 11.6 Å². The van der Waals surface area contributed by atoms with Gasteiger partial charge in [0.15, 0.2) is 5.82 Å². The van der Waals surface area contributed by atoms with E-state index < -0.39 is 0 Å². The zero-order valence-corrected chi connectivity index (χ0v) is 18.0. The van der Waals surface area contributed by atoms with E-state index in [1.807, 2.05) is 43.3 Å². The van der Waals surface area contributed by atoms with Crippen LogP contribution in [0.4, 0.5) is 5.82 Å². The van der Waals surface area contributed by atoms with Gasteiger partial charge in [-0.1, -0.05) is 42.0 Å². The lowest BCUT2D eigenvalue weighted by atomic mass is 9.97. The average Bonchev–Trinajstić information content (AvgIpc) is 2.80. The monoisotopic (exact) mass is 416 g/mol. The highest BCUT2D eigenvalue weighted by Crippen LogP contribution is 2.31. The number of nitrogens with one attached hydrogen (secondary N) is 1. The van der Waals surface area contributed by atoms with Crippen molar-refractivity contribution in [1.82, 2.24) is 15.3 Å². The summed E-state index contributed by atoms with van der Waals surface area (Å²) in [7, 11) is 0. The van der Waals surface area contributed by atoms with Gasteiger partial charge in [-0.15, -0.1) is 0 Å². The summed E-state index contributed by atoms with van der Waals surface area (Å²) in [5, 5.41) is 3.11. The van der Waals surface area contributed by atoms with Gasteiger partial charge in [0, 0.05) is 32.0 Å². The summed E-state index contributed by atoms with van der Waals surface area (Å²) in [6.07, 6.45) is 5.08. The van der Waals surface area contributed by atoms with Crippen LogP contribution in [0, 0.1) is 19.8 Å². The first-order valence-electron chi connectivity index (χ1n) is 10.7. The fourth-order valence-electron chi connectivity index (χ4n) is 3.84. The molecule has 1 fully saturated rings. The van der Waals surface area contributed by atoms with Crippen molar-refractivity contribution in [3.05, 3.63) is 77.6 Å². The van der Waals surface area contributed by atoms with Gasteiger partial charge in [-0.05, 0) is 49.9 Å². The lowest BCUT2D eigenvalue weighted by molar-refractivity contribution is -0.125. The molecule has 0 radical (unpaired) electrons. The summed E-state index contributed by atoms with van der Waals surface area (Å²) in [6, 6.07) is 16.0. The molecular weight excluding hydrogens is 388 g/mol. The molecule has 1 aliphatic rings. The molecule has 31 heavy (non-hydrogen) atoms. The van der Waals surface area contributed by atoms with Crippen LogP contribution in [0.3, 0.4) is 0 Å². The Bertz CT molecular complexity index is 1040. The Kier molecular flexibility index (Phi) is 6.46. The van der Waals surface area contributed by atoms with Crippen LogP contribution >= 0.6 is 0 Å². The predicted molar refractivity (Wildman–Crippen MR) is 121 cm³/mol. The Balaban J connectivity index is 1.43. The highest BCUT2D eigenvalue weighted by Gasteiger charge is 2.28. The smallest absolute Gasteiger partial charge is 0.263 e. The lowest BCUT2D eigenvalue weighted by Crippen LogP contribution is -2.43. The van der Waals surface area contributed by atoms with Gasteiger partial charge in [0.05, 0.1) is 5.92 Å². The van der Waals surface area contributed by atoms with Crippen LogP contribution in [-0.4, -0.2) is 29.0 Å². The molecule has 0 unspecified atom stereocenters. The Hall–Kier alpha value is -3.41. The molecule has 1 aromatic heterocycles. The third-order valence-corrected chi connectivity index (χ3v) is 5.69. The fourth-order valence-corrected chi connectivity index (χ4v) is 3.84. The standard InChI is InChI=1S/C25H28N4O2/c1-18-9-11-22(12-10-18)31-25-23(26-13-14-27-25)29-15-5-8-21(17-29)24(30)28-16-20-7-4-3-6-19(20)2/h3-4,6-7,9-14,21H,5,8,15-17H2,1-2H3,(H,28,30)/t21-/m1/s1. The molecule has 6 heteroatoms. The maximum atomic E-state index is 12.9. The second-order valence-corrected chi connectivity index (χ2v) is 8.03. The van der Waals surface area contributed by atoms with E-state index >= 15 is 0 Å². The number of benzene rings is 2. The van der Waals surface area contributed by atoms with Crippen molar-refractivity contribution < 1.29 is 9.53 Å². The molecule has 0 spiro atoms. The van der Waals surface area contributed by atoms with Gasteiger partial charge in [-0.3, -0.25) is 4.79 Å².